The molecule has 4 aromatic rings. The molecular weight excluding hydrogens is 434 g/mol. The summed E-state index contributed by atoms with van der Waals surface area (Å²) in [6, 6.07) is 27.9. The fourth-order valence-electron chi connectivity index (χ4n) is 4.60. The largest absolute Gasteiger partial charge is 0.375 e. The van der Waals surface area contributed by atoms with Crippen molar-refractivity contribution in [3.63, 3.8) is 0 Å². The van der Waals surface area contributed by atoms with Gasteiger partial charge in [0.1, 0.15) is 0 Å². The molecule has 1 atom stereocenters. The Kier molecular flexibility index (Phi) is 5.49. The van der Waals surface area contributed by atoms with Crippen LogP contribution in [0.15, 0.2) is 91.0 Å². The van der Waals surface area contributed by atoms with Gasteiger partial charge in [-0.25, -0.2) is 0 Å². The Balaban J connectivity index is 1.49. The maximum Gasteiger partial charge on any atom is 0.264 e. The number of nitrogens with zero attached hydrogens (tertiary/aromatic N) is 1. The fourth-order valence-corrected chi connectivity index (χ4v) is 4.77. The summed E-state index contributed by atoms with van der Waals surface area (Å²) in [6.07, 6.45) is 0.275. The van der Waals surface area contributed by atoms with E-state index in [4.69, 9.17) is 11.6 Å². The standard InChI is InChI=1S/C28H22ClNO3/c29-21-13-14-25-24(17-21)28(33,27(32)30(25)16-15-19-7-2-1-3-8-19)18-26(31)23-12-6-10-20-9-4-5-11-22(20)23/h1-14,17,33H,15-16,18H2/t28-/m0/s1. The summed E-state index contributed by atoms with van der Waals surface area (Å²) in [5.41, 5.74) is 0.573. The molecule has 1 heterocycles. The molecule has 0 unspecified atom stereocenters. The number of Topliss-reactive ketones (excluding diaryl/α,β-unsaturated/α-hetero) is 1. The van der Waals surface area contributed by atoms with E-state index in [0.717, 1.165) is 16.3 Å². The normalized spacial score (nSPS) is 17.4. The molecular formula is C28H22ClNO3. The van der Waals surface area contributed by atoms with Gasteiger partial charge in [-0.15, -0.1) is 0 Å². The molecule has 0 radical (unpaired) electrons. The molecule has 5 rings (SSSR count). The lowest BCUT2D eigenvalue weighted by atomic mass is 9.87. The number of hydrogen-bond donors (Lipinski definition) is 1. The number of carbonyl (C=O) groups is 2. The van der Waals surface area contributed by atoms with Crippen LogP contribution in [0.25, 0.3) is 10.8 Å². The zero-order chi connectivity index (χ0) is 23.0. The van der Waals surface area contributed by atoms with E-state index in [1.807, 2.05) is 66.7 Å². The molecule has 1 amide bonds. The Hall–Kier alpha value is -3.47. The molecule has 4 nitrogen and oxygen atoms in total. The number of aliphatic hydroxyl groups is 1. The number of halogens is 1. The van der Waals surface area contributed by atoms with Crippen LogP contribution in [0.4, 0.5) is 5.69 Å². The first-order valence-electron chi connectivity index (χ1n) is 10.9. The second-order valence-corrected chi connectivity index (χ2v) is 8.78. The number of ketones is 1. The first-order chi connectivity index (χ1) is 16.0. The maximum atomic E-state index is 13.5. The Labute approximate surface area is 197 Å². The topological polar surface area (TPSA) is 57.6 Å². The molecule has 0 saturated heterocycles. The third-order valence-corrected chi connectivity index (χ3v) is 6.50. The van der Waals surface area contributed by atoms with Crippen LogP contribution >= 0.6 is 11.6 Å². The molecule has 4 aromatic carbocycles. The predicted molar refractivity (Wildman–Crippen MR) is 131 cm³/mol. The van der Waals surface area contributed by atoms with Crippen LogP contribution in [-0.2, 0) is 16.8 Å². The molecule has 0 saturated carbocycles. The van der Waals surface area contributed by atoms with Gasteiger partial charge in [0.15, 0.2) is 11.4 Å². The van der Waals surface area contributed by atoms with Crippen molar-refractivity contribution in [2.75, 3.05) is 11.4 Å². The average molecular weight is 456 g/mol. The minimum Gasteiger partial charge on any atom is -0.375 e. The molecule has 164 valence electrons. The van der Waals surface area contributed by atoms with E-state index >= 15 is 0 Å². The Morgan fingerprint density at radius 3 is 2.45 bits per heavy atom. The first kappa shape index (κ1) is 21.4. The molecule has 1 aliphatic heterocycles. The third-order valence-electron chi connectivity index (χ3n) is 6.27. The van der Waals surface area contributed by atoms with Crippen molar-refractivity contribution >= 4 is 39.8 Å². The van der Waals surface area contributed by atoms with Crippen molar-refractivity contribution in [3.05, 3.63) is 113 Å². The van der Waals surface area contributed by atoms with Crippen LogP contribution in [0.5, 0.6) is 0 Å². The van der Waals surface area contributed by atoms with E-state index in [1.54, 1.807) is 29.2 Å². The van der Waals surface area contributed by atoms with Gasteiger partial charge in [-0.2, -0.15) is 0 Å². The monoisotopic (exact) mass is 455 g/mol. The van der Waals surface area contributed by atoms with Gasteiger partial charge < -0.3 is 10.0 Å². The smallest absolute Gasteiger partial charge is 0.264 e. The maximum absolute atomic E-state index is 13.5. The van der Waals surface area contributed by atoms with Gasteiger partial charge in [-0.05, 0) is 41.0 Å². The molecule has 5 heteroatoms. The average Bonchev–Trinajstić information content (AvgIpc) is 3.03. The van der Waals surface area contributed by atoms with Crippen LogP contribution in [0.2, 0.25) is 5.02 Å². The number of carbonyl (C=O) groups excluding carboxylic acids is 2. The van der Waals surface area contributed by atoms with E-state index in [2.05, 4.69) is 0 Å². The number of amides is 1. The molecule has 0 fully saturated rings. The van der Waals surface area contributed by atoms with Gasteiger partial charge in [0.25, 0.3) is 5.91 Å². The molecule has 0 aliphatic carbocycles. The van der Waals surface area contributed by atoms with Crippen LogP contribution in [-0.4, -0.2) is 23.3 Å². The van der Waals surface area contributed by atoms with Crippen molar-refractivity contribution in [3.8, 4) is 0 Å². The van der Waals surface area contributed by atoms with Crippen molar-refractivity contribution in [1.82, 2.24) is 0 Å². The van der Waals surface area contributed by atoms with Gasteiger partial charge in [-0.1, -0.05) is 84.4 Å². The van der Waals surface area contributed by atoms with Gasteiger partial charge in [0, 0.05) is 22.7 Å². The Morgan fingerprint density at radius 1 is 0.909 bits per heavy atom. The second-order valence-electron chi connectivity index (χ2n) is 8.34. The molecule has 1 N–H and O–H groups in total. The van der Waals surface area contributed by atoms with E-state index < -0.39 is 11.5 Å². The summed E-state index contributed by atoms with van der Waals surface area (Å²) in [4.78, 5) is 28.5. The summed E-state index contributed by atoms with van der Waals surface area (Å²) in [7, 11) is 0. The number of benzene rings is 4. The quantitative estimate of drug-likeness (QED) is 0.388. The molecule has 0 aromatic heterocycles. The zero-order valence-electron chi connectivity index (χ0n) is 17.9. The highest BCUT2D eigenvalue weighted by Crippen LogP contribution is 2.44. The van der Waals surface area contributed by atoms with E-state index in [0.29, 0.717) is 34.8 Å². The van der Waals surface area contributed by atoms with Crippen LogP contribution in [0, 0.1) is 0 Å². The lowest BCUT2D eigenvalue weighted by Crippen LogP contribution is -2.42. The lowest BCUT2D eigenvalue weighted by Gasteiger charge is -2.23. The highest BCUT2D eigenvalue weighted by molar-refractivity contribution is 6.31. The summed E-state index contributed by atoms with van der Waals surface area (Å²) < 4.78 is 0. The van der Waals surface area contributed by atoms with Crippen molar-refractivity contribution in [2.45, 2.75) is 18.4 Å². The third kappa shape index (κ3) is 3.82. The first-order valence-corrected chi connectivity index (χ1v) is 11.2. The lowest BCUT2D eigenvalue weighted by molar-refractivity contribution is -0.135. The summed E-state index contributed by atoms with van der Waals surface area (Å²) in [5, 5.41) is 13.8. The Bertz CT molecular complexity index is 1360. The minimum absolute atomic E-state index is 0.293. The van der Waals surface area contributed by atoms with Crippen molar-refractivity contribution < 1.29 is 14.7 Å². The van der Waals surface area contributed by atoms with Crippen LogP contribution in [0.1, 0.15) is 27.9 Å². The zero-order valence-corrected chi connectivity index (χ0v) is 18.6. The highest BCUT2D eigenvalue weighted by Gasteiger charge is 2.51. The van der Waals surface area contributed by atoms with E-state index in [-0.39, 0.29) is 12.2 Å². The Morgan fingerprint density at radius 2 is 1.64 bits per heavy atom. The SMILES string of the molecule is O=C(C[C@@]1(O)C(=O)N(CCc2ccccc2)c2ccc(Cl)cc21)c1cccc2ccccc12. The fraction of sp³-hybridized carbons (Fsp3) is 0.143. The van der Waals surface area contributed by atoms with E-state index in [1.165, 1.54) is 0 Å². The predicted octanol–water partition coefficient (Wildman–Crippen LogP) is 5.54. The van der Waals surface area contributed by atoms with Crippen molar-refractivity contribution in [1.29, 1.82) is 0 Å². The molecule has 1 aliphatic rings. The van der Waals surface area contributed by atoms with Gasteiger partial charge in [-0.3, -0.25) is 9.59 Å². The summed E-state index contributed by atoms with van der Waals surface area (Å²) >= 11 is 6.22. The summed E-state index contributed by atoms with van der Waals surface area (Å²) in [5.74, 6) is -0.789. The van der Waals surface area contributed by atoms with Gasteiger partial charge in [0.05, 0.1) is 12.1 Å². The highest BCUT2D eigenvalue weighted by atomic mass is 35.5. The van der Waals surface area contributed by atoms with Gasteiger partial charge >= 0.3 is 0 Å². The van der Waals surface area contributed by atoms with Crippen molar-refractivity contribution in [2.24, 2.45) is 0 Å². The number of fused-ring (bicyclic) bond motifs is 2. The minimum atomic E-state index is -1.97. The molecule has 33 heavy (non-hydrogen) atoms. The van der Waals surface area contributed by atoms with E-state index in [9.17, 15) is 14.7 Å². The summed E-state index contributed by atoms with van der Waals surface area (Å²) in [6.45, 7) is 0.391. The van der Waals surface area contributed by atoms with Crippen LogP contribution in [0.3, 0.4) is 0 Å². The number of hydrogen-bond acceptors (Lipinski definition) is 3. The number of rotatable bonds is 6. The number of anilines is 1. The second kappa shape index (κ2) is 8.47. The molecule has 0 spiro atoms. The van der Waals surface area contributed by atoms with Crippen LogP contribution < -0.4 is 4.90 Å². The van der Waals surface area contributed by atoms with Gasteiger partial charge in [0.2, 0.25) is 0 Å². The molecule has 0 bridgehead atoms.